The van der Waals surface area contributed by atoms with Gasteiger partial charge in [-0.3, -0.25) is 9.59 Å². The van der Waals surface area contributed by atoms with Gasteiger partial charge in [-0.2, -0.15) is 0 Å². The zero-order chi connectivity index (χ0) is 20.3. The van der Waals surface area contributed by atoms with Crippen LogP contribution in [-0.4, -0.2) is 35.8 Å². The van der Waals surface area contributed by atoms with E-state index in [1.54, 1.807) is 24.4 Å². The number of hydrogen-bond donors (Lipinski definition) is 0. The molecule has 2 saturated heterocycles. The maximum Gasteiger partial charge on any atom is 0.329 e. The lowest BCUT2D eigenvalue weighted by Crippen LogP contribution is -2.44. The Hall–Kier alpha value is -2.93. The summed E-state index contributed by atoms with van der Waals surface area (Å²) in [5.74, 6) is -2.62. The van der Waals surface area contributed by atoms with Crippen LogP contribution in [0.4, 0.5) is 5.69 Å². The number of hydrogen-bond acceptors (Lipinski definition) is 5. The van der Waals surface area contributed by atoms with E-state index in [9.17, 15) is 14.4 Å². The normalized spacial score (nSPS) is 27.0. The number of benzene rings is 2. The van der Waals surface area contributed by atoms with Gasteiger partial charge in [-0.05, 0) is 35.4 Å². The number of rotatable bonds is 2. The largest absolute Gasteiger partial charge is 0.467 e. The fourth-order valence-corrected chi connectivity index (χ4v) is 5.20. The summed E-state index contributed by atoms with van der Waals surface area (Å²) in [6, 6.07) is 13.6. The third-order valence-electron chi connectivity index (χ3n) is 5.97. The molecule has 2 amide bonds. The molecule has 0 saturated carbocycles. The Morgan fingerprint density at radius 3 is 2.55 bits per heavy atom. The topological polar surface area (TPSA) is 66.9 Å². The Morgan fingerprint density at radius 1 is 1.03 bits per heavy atom. The summed E-state index contributed by atoms with van der Waals surface area (Å²) in [6.07, 6.45) is 3.71. The number of carbonyl (C=O) groups excluding carboxylic acids is 3. The van der Waals surface area contributed by atoms with Crippen LogP contribution in [0.25, 0.3) is 6.08 Å². The third kappa shape index (κ3) is 2.50. The minimum atomic E-state index is -0.840. The van der Waals surface area contributed by atoms with Crippen molar-refractivity contribution in [3.63, 3.8) is 0 Å². The zero-order valence-corrected chi connectivity index (χ0v) is 17.1. The van der Waals surface area contributed by atoms with Gasteiger partial charge in [0, 0.05) is 10.7 Å². The van der Waals surface area contributed by atoms with Gasteiger partial charge < -0.3 is 9.64 Å². The fraction of sp³-hybridized carbons (Fsp3) is 0.227. The van der Waals surface area contributed by atoms with Gasteiger partial charge in [0.25, 0.3) is 0 Å². The second kappa shape index (κ2) is 6.56. The highest BCUT2D eigenvalue weighted by Gasteiger charge is 2.65. The molecule has 0 radical (unpaired) electrons. The molecule has 0 bridgehead atoms. The van der Waals surface area contributed by atoms with Crippen molar-refractivity contribution in [1.82, 2.24) is 4.90 Å². The lowest BCUT2D eigenvalue weighted by Gasteiger charge is -2.34. The van der Waals surface area contributed by atoms with E-state index in [0.717, 1.165) is 15.6 Å². The van der Waals surface area contributed by atoms with E-state index in [1.807, 2.05) is 41.3 Å². The number of fused-ring (bicyclic) bond motifs is 5. The van der Waals surface area contributed by atoms with Crippen molar-refractivity contribution in [2.75, 3.05) is 12.0 Å². The van der Waals surface area contributed by atoms with Crippen LogP contribution >= 0.6 is 15.9 Å². The maximum absolute atomic E-state index is 13.5. The standard InChI is InChI=1S/C22H17BrN2O4/c1-29-22(28)19-17-16(18-15-8-3-2-5-12(15)9-10-24(18)19)20(26)25(21(17)27)14-7-4-6-13(23)11-14/h2-11,16-19H,1H3/t16-,17+,18-,19-/m0/s1. The molecule has 29 heavy (non-hydrogen) atoms. The summed E-state index contributed by atoms with van der Waals surface area (Å²) in [5.41, 5.74) is 2.42. The van der Waals surface area contributed by atoms with Crippen molar-refractivity contribution in [3.8, 4) is 0 Å². The van der Waals surface area contributed by atoms with E-state index in [4.69, 9.17) is 4.74 Å². The number of anilines is 1. The zero-order valence-electron chi connectivity index (χ0n) is 15.5. The third-order valence-corrected chi connectivity index (χ3v) is 6.46. The van der Waals surface area contributed by atoms with Crippen molar-refractivity contribution in [1.29, 1.82) is 0 Å². The van der Waals surface area contributed by atoms with E-state index >= 15 is 0 Å². The van der Waals surface area contributed by atoms with Crippen molar-refractivity contribution in [2.24, 2.45) is 11.8 Å². The molecule has 3 aliphatic rings. The highest BCUT2D eigenvalue weighted by atomic mass is 79.9. The first-order valence-corrected chi connectivity index (χ1v) is 10.1. The molecule has 0 N–H and O–H groups in total. The second-order valence-electron chi connectivity index (χ2n) is 7.35. The molecule has 6 nitrogen and oxygen atoms in total. The monoisotopic (exact) mass is 452 g/mol. The average Bonchev–Trinajstić information content (AvgIpc) is 3.20. The Kier molecular flexibility index (Phi) is 4.10. The van der Waals surface area contributed by atoms with Crippen LogP contribution in [-0.2, 0) is 19.1 Å². The number of esters is 1. The quantitative estimate of drug-likeness (QED) is 0.517. The van der Waals surface area contributed by atoms with Crippen LogP contribution in [0.5, 0.6) is 0 Å². The molecule has 3 aliphatic heterocycles. The summed E-state index contributed by atoms with van der Waals surface area (Å²) < 4.78 is 5.79. The molecule has 0 spiro atoms. The minimum Gasteiger partial charge on any atom is -0.467 e. The molecule has 2 fully saturated rings. The molecule has 0 aliphatic carbocycles. The molecule has 4 atom stereocenters. The van der Waals surface area contributed by atoms with E-state index in [2.05, 4.69) is 15.9 Å². The smallest absolute Gasteiger partial charge is 0.329 e. The lowest BCUT2D eigenvalue weighted by atomic mass is 9.84. The number of amides is 2. The number of imide groups is 1. The molecule has 2 aromatic rings. The van der Waals surface area contributed by atoms with E-state index in [-0.39, 0.29) is 17.9 Å². The van der Waals surface area contributed by atoms with Gasteiger partial charge in [-0.25, -0.2) is 9.69 Å². The number of halogens is 1. The second-order valence-corrected chi connectivity index (χ2v) is 8.26. The molecule has 2 aromatic carbocycles. The molecule has 3 heterocycles. The first kappa shape index (κ1) is 18.1. The van der Waals surface area contributed by atoms with Gasteiger partial charge in [-0.15, -0.1) is 0 Å². The van der Waals surface area contributed by atoms with Crippen LogP contribution in [0.15, 0.2) is 59.2 Å². The van der Waals surface area contributed by atoms with Gasteiger partial charge in [0.2, 0.25) is 11.8 Å². The summed E-state index contributed by atoms with van der Waals surface area (Å²) in [5, 5.41) is 0. The maximum atomic E-state index is 13.5. The molecule has 0 aromatic heterocycles. The molecule has 0 unspecified atom stereocenters. The van der Waals surface area contributed by atoms with Crippen LogP contribution in [0.3, 0.4) is 0 Å². The summed E-state index contributed by atoms with van der Waals surface area (Å²) in [6.45, 7) is 0. The fourth-order valence-electron chi connectivity index (χ4n) is 4.82. The van der Waals surface area contributed by atoms with E-state index < -0.39 is 23.8 Å². The van der Waals surface area contributed by atoms with Gasteiger partial charge in [-0.1, -0.05) is 46.3 Å². The van der Waals surface area contributed by atoms with E-state index in [0.29, 0.717) is 5.69 Å². The van der Waals surface area contributed by atoms with Crippen LogP contribution in [0.1, 0.15) is 17.2 Å². The molecule has 5 rings (SSSR count). The highest BCUT2D eigenvalue weighted by molar-refractivity contribution is 9.10. The van der Waals surface area contributed by atoms with Crippen molar-refractivity contribution >= 4 is 45.5 Å². The minimum absolute atomic E-state index is 0.287. The van der Waals surface area contributed by atoms with Crippen molar-refractivity contribution < 1.29 is 19.1 Å². The Morgan fingerprint density at radius 2 is 1.79 bits per heavy atom. The lowest BCUT2D eigenvalue weighted by molar-refractivity contribution is -0.148. The number of methoxy groups -OCH3 is 1. The Balaban J connectivity index is 1.66. The summed E-state index contributed by atoms with van der Waals surface area (Å²) >= 11 is 3.39. The first-order valence-electron chi connectivity index (χ1n) is 9.28. The molecular weight excluding hydrogens is 436 g/mol. The number of ether oxygens (including phenoxy) is 1. The first-order chi connectivity index (χ1) is 14.0. The number of nitrogens with zero attached hydrogens (tertiary/aromatic N) is 2. The van der Waals surface area contributed by atoms with Crippen LogP contribution in [0.2, 0.25) is 0 Å². The molecular formula is C22H17BrN2O4. The average molecular weight is 453 g/mol. The highest BCUT2D eigenvalue weighted by Crippen LogP contribution is 2.53. The van der Waals surface area contributed by atoms with Crippen molar-refractivity contribution in [2.45, 2.75) is 12.1 Å². The van der Waals surface area contributed by atoms with Crippen molar-refractivity contribution in [3.05, 3.63) is 70.3 Å². The van der Waals surface area contributed by atoms with Crippen LogP contribution < -0.4 is 4.90 Å². The Labute approximate surface area is 175 Å². The predicted octanol–water partition coefficient (Wildman–Crippen LogP) is 3.14. The van der Waals surface area contributed by atoms with Crippen LogP contribution in [0, 0.1) is 11.8 Å². The Bertz CT molecular complexity index is 1080. The summed E-state index contributed by atoms with van der Waals surface area (Å²) in [7, 11) is 1.31. The van der Waals surface area contributed by atoms with Gasteiger partial charge in [0.05, 0.1) is 30.7 Å². The van der Waals surface area contributed by atoms with Gasteiger partial charge in [0.1, 0.15) is 6.04 Å². The predicted molar refractivity (Wildman–Crippen MR) is 109 cm³/mol. The summed E-state index contributed by atoms with van der Waals surface area (Å²) in [4.78, 5) is 42.7. The van der Waals surface area contributed by atoms with Gasteiger partial charge >= 0.3 is 5.97 Å². The van der Waals surface area contributed by atoms with Gasteiger partial charge in [0.15, 0.2) is 0 Å². The molecule has 146 valence electrons. The SMILES string of the molecule is COC(=O)[C@@H]1[C@@H]2C(=O)N(c3cccc(Br)c3)C(=O)[C@@H]2[C@@H]2c3ccccc3C=CN12. The van der Waals surface area contributed by atoms with E-state index in [1.165, 1.54) is 12.0 Å². The molecule has 7 heteroatoms. The number of carbonyl (C=O) groups is 3.